The van der Waals surface area contributed by atoms with Crippen molar-refractivity contribution < 1.29 is 4.79 Å². The largest absolute Gasteiger partial charge is 0.368 e. The third-order valence-electron chi connectivity index (χ3n) is 5.54. The van der Waals surface area contributed by atoms with Crippen LogP contribution in [0.3, 0.4) is 0 Å². The Morgan fingerprint density at radius 1 is 0.967 bits per heavy atom. The third kappa shape index (κ3) is 3.51. The van der Waals surface area contributed by atoms with E-state index in [1.165, 1.54) is 11.3 Å². The minimum absolute atomic E-state index is 0.0591. The summed E-state index contributed by atoms with van der Waals surface area (Å²) in [4.78, 5) is 22.6. The monoisotopic (exact) mass is 455 g/mol. The lowest BCUT2D eigenvalue weighted by Crippen LogP contribution is -2.48. The van der Waals surface area contributed by atoms with Gasteiger partial charge in [0.15, 0.2) is 0 Å². The van der Waals surface area contributed by atoms with Crippen LogP contribution in [0.2, 0.25) is 10.2 Å². The highest BCUT2D eigenvalue weighted by molar-refractivity contribution is 7.21. The zero-order valence-electron chi connectivity index (χ0n) is 16.4. The lowest BCUT2D eigenvalue weighted by atomic mass is 10.1. The Labute approximate surface area is 188 Å². The van der Waals surface area contributed by atoms with E-state index in [0.717, 1.165) is 50.4 Å². The first-order chi connectivity index (χ1) is 14.5. The van der Waals surface area contributed by atoms with Crippen molar-refractivity contribution in [3.05, 3.63) is 69.1 Å². The van der Waals surface area contributed by atoms with Crippen molar-refractivity contribution in [1.29, 1.82) is 0 Å². The molecule has 1 aliphatic rings. The van der Waals surface area contributed by atoms with Crippen LogP contribution in [0.5, 0.6) is 0 Å². The van der Waals surface area contributed by atoms with Crippen LogP contribution in [0.4, 0.5) is 5.69 Å². The number of carbonyl (C=O) groups excluding carboxylic acids is 1. The van der Waals surface area contributed by atoms with Gasteiger partial charge in [0, 0.05) is 52.4 Å². The number of aryl methyl sites for hydroxylation is 1. The van der Waals surface area contributed by atoms with E-state index in [-0.39, 0.29) is 5.91 Å². The van der Waals surface area contributed by atoms with Gasteiger partial charge in [-0.25, -0.2) is 4.98 Å². The second-order valence-electron chi connectivity index (χ2n) is 7.53. The van der Waals surface area contributed by atoms with Gasteiger partial charge in [-0.1, -0.05) is 34.8 Å². The van der Waals surface area contributed by atoms with Crippen LogP contribution >= 0.6 is 34.5 Å². The summed E-state index contributed by atoms with van der Waals surface area (Å²) in [5.74, 6) is 0.0591. The fourth-order valence-corrected chi connectivity index (χ4v) is 5.49. The Bertz CT molecular complexity index is 1260. The fourth-order valence-electron chi connectivity index (χ4n) is 3.92. The zero-order chi connectivity index (χ0) is 20.8. The Kier molecular flexibility index (Phi) is 5.05. The number of nitrogens with zero attached hydrogens (tertiary/aromatic N) is 3. The van der Waals surface area contributed by atoms with Gasteiger partial charge in [-0.3, -0.25) is 4.79 Å². The molecule has 0 spiro atoms. The summed E-state index contributed by atoms with van der Waals surface area (Å²) in [5.41, 5.74) is 3.15. The van der Waals surface area contributed by atoms with Crippen LogP contribution in [-0.2, 0) is 0 Å². The van der Waals surface area contributed by atoms with Crippen LogP contribution in [-0.4, -0.2) is 42.0 Å². The molecule has 7 heteroatoms. The number of thiophene rings is 1. The Balaban J connectivity index is 1.40. The van der Waals surface area contributed by atoms with Crippen molar-refractivity contribution in [2.45, 2.75) is 6.92 Å². The van der Waals surface area contributed by atoms with Gasteiger partial charge in [0.1, 0.15) is 5.15 Å². The van der Waals surface area contributed by atoms with E-state index in [1.54, 1.807) is 0 Å². The predicted octanol–water partition coefficient (Wildman–Crippen LogP) is 6.03. The number of hydrogen-bond donors (Lipinski definition) is 0. The number of halogens is 2. The van der Waals surface area contributed by atoms with E-state index in [9.17, 15) is 4.79 Å². The average molecular weight is 456 g/mol. The number of piperazine rings is 1. The van der Waals surface area contributed by atoms with Gasteiger partial charge in [-0.15, -0.1) is 11.3 Å². The van der Waals surface area contributed by atoms with Gasteiger partial charge in [0.2, 0.25) is 0 Å². The maximum absolute atomic E-state index is 13.2. The topological polar surface area (TPSA) is 36.4 Å². The van der Waals surface area contributed by atoms with Crippen LogP contribution in [0.15, 0.2) is 48.5 Å². The van der Waals surface area contributed by atoms with E-state index < -0.39 is 0 Å². The Morgan fingerprint density at radius 2 is 1.70 bits per heavy atom. The van der Waals surface area contributed by atoms with E-state index >= 15 is 0 Å². The number of rotatable bonds is 2. The number of anilines is 1. The molecule has 1 amide bonds. The van der Waals surface area contributed by atoms with E-state index in [4.69, 9.17) is 23.2 Å². The first-order valence-corrected chi connectivity index (χ1v) is 11.4. The van der Waals surface area contributed by atoms with Crippen molar-refractivity contribution in [2.75, 3.05) is 31.1 Å². The standard InChI is InChI=1S/C23H19Cl2N3OS/c1-14-2-7-19-17(12-14)21-18(22(25)26-19)13-20(30-21)23(29)28-10-8-27(9-11-28)16-5-3-15(24)4-6-16/h2-7,12-13H,8-11H2,1H3. The molecule has 0 aliphatic carbocycles. The van der Waals surface area contributed by atoms with E-state index in [1.807, 2.05) is 47.4 Å². The minimum Gasteiger partial charge on any atom is -0.368 e. The van der Waals surface area contributed by atoms with Crippen molar-refractivity contribution in [2.24, 2.45) is 0 Å². The van der Waals surface area contributed by atoms with Crippen molar-refractivity contribution >= 4 is 67.1 Å². The molecule has 0 atom stereocenters. The SMILES string of the molecule is Cc1ccc2nc(Cl)c3cc(C(=O)N4CCN(c5ccc(Cl)cc5)CC4)sc3c2c1. The number of amides is 1. The first kappa shape index (κ1) is 19.6. The molecule has 0 unspecified atom stereocenters. The maximum Gasteiger partial charge on any atom is 0.264 e. The summed E-state index contributed by atoms with van der Waals surface area (Å²) in [5, 5.41) is 3.08. The maximum atomic E-state index is 13.2. The van der Waals surface area contributed by atoms with Crippen LogP contribution in [0.25, 0.3) is 21.0 Å². The Hall–Kier alpha value is -2.34. The summed E-state index contributed by atoms with van der Waals surface area (Å²) in [7, 11) is 0. The number of pyridine rings is 1. The van der Waals surface area contributed by atoms with Crippen LogP contribution in [0.1, 0.15) is 15.2 Å². The Morgan fingerprint density at radius 3 is 2.43 bits per heavy atom. The molecule has 1 saturated heterocycles. The molecule has 152 valence electrons. The van der Waals surface area contributed by atoms with Gasteiger partial charge >= 0.3 is 0 Å². The third-order valence-corrected chi connectivity index (χ3v) is 7.24. The molecule has 30 heavy (non-hydrogen) atoms. The number of benzene rings is 2. The molecule has 1 fully saturated rings. The molecule has 2 aromatic heterocycles. The fraction of sp³-hybridized carbons (Fsp3) is 0.217. The first-order valence-electron chi connectivity index (χ1n) is 9.79. The average Bonchev–Trinajstić information content (AvgIpc) is 3.21. The lowest BCUT2D eigenvalue weighted by molar-refractivity contribution is 0.0752. The summed E-state index contributed by atoms with van der Waals surface area (Å²) < 4.78 is 1.02. The van der Waals surface area contributed by atoms with Crippen molar-refractivity contribution in [1.82, 2.24) is 9.88 Å². The molecule has 3 heterocycles. The van der Waals surface area contributed by atoms with Crippen LogP contribution in [0, 0.1) is 6.92 Å². The normalized spacial score (nSPS) is 14.6. The van der Waals surface area contributed by atoms with Crippen molar-refractivity contribution in [3.63, 3.8) is 0 Å². The molecular weight excluding hydrogens is 437 g/mol. The second-order valence-corrected chi connectivity index (χ2v) is 9.38. The van der Waals surface area contributed by atoms with Gasteiger partial charge < -0.3 is 9.80 Å². The summed E-state index contributed by atoms with van der Waals surface area (Å²) in [6, 6.07) is 15.8. The van der Waals surface area contributed by atoms with Gasteiger partial charge in [-0.2, -0.15) is 0 Å². The highest BCUT2D eigenvalue weighted by atomic mass is 35.5. The summed E-state index contributed by atoms with van der Waals surface area (Å²) in [6.07, 6.45) is 0. The number of hydrogen-bond acceptors (Lipinski definition) is 4. The molecule has 1 aliphatic heterocycles. The van der Waals surface area contributed by atoms with E-state index in [0.29, 0.717) is 23.1 Å². The lowest BCUT2D eigenvalue weighted by Gasteiger charge is -2.36. The number of aromatic nitrogens is 1. The highest BCUT2D eigenvalue weighted by Gasteiger charge is 2.24. The molecule has 0 saturated carbocycles. The smallest absolute Gasteiger partial charge is 0.264 e. The summed E-state index contributed by atoms with van der Waals surface area (Å²) in [6.45, 7) is 5.01. The van der Waals surface area contributed by atoms with Gasteiger partial charge in [0.05, 0.1) is 10.4 Å². The number of fused-ring (bicyclic) bond motifs is 3. The molecular formula is C23H19Cl2N3OS. The van der Waals surface area contributed by atoms with Crippen molar-refractivity contribution in [3.8, 4) is 0 Å². The highest BCUT2D eigenvalue weighted by Crippen LogP contribution is 2.36. The minimum atomic E-state index is 0.0591. The molecule has 4 aromatic rings. The molecule has 2 aromatic carbocycles. The zero-order valence-corrected chi connectivity index (χ0v) is 18.7. The molecule has 0 bridgehead atoms. The predicted molar refractivity (Wildman–Crippen MR) is 126 cm³/mol. The quantitative estimate of drug-likeness (QED) is 0.346. The molecule has 0 N–H and O–H groups in total. The van der Waals surface area contributed by atoms with Gasteiger partial charge in [-0.05, 0) is 49.4 Å². The second kappa shape index (κ2) is 7.73. The summed E-state index contributed by atoms with van der Waals surface area (Å²) >= 11 is 13.9. The van der Waals surface area contributed by atoms with Crippen LogP contribution < -0.4 is 4.90 Å². The molecule has 4 nitrogen and oxygen atoms in total. The molecule has 5 rings (SSSR count). The number of carbonyl (C=O) groups is 1. The van der Waals surface area contributed by atoms with E-state index in [2.05, 4.69) is 22.9 Å². The van der Waals surface area contributed by atoms with Gasteiger partial charge in [0.25, 0.3) is 5.91 Å². The molecule has 0 radical (unpaired) electrons.